The van der Waals surface area contributed by atoms with Gasteiger partial charge in [-0.15, -0.1) is 0 Å². The largest absolute Gasteiger partial charge is 0.326 e. The molecule has 0 rings (SSSR count). The number of hydrazine groups is 4. The fraction of sp³-hybridized carbons (Fsp3) is 0. The summed E-state index contributed by atoms with van der Waals surface area (Å²) in [4.78, 5) is 11.4. The van der Waals surface area contributed by atoms with E-state index in [1.807, 2.05) is 0 Å². The summed E-state index contributed by atoms with van der Waals surface area (Å²) >= 11 is 9.77. The first-order chi connectivity index (χ1) is 7.34. The molecule has 0 fully saturated rings. The van der Waals surface area contributed by atoms with Gasteiger partial charge in [-0.05, 0) is 23.6 Å². The third-order valence-electron chi connectivity index (χ3n) is 1.25. The summed E-state index contributed by atoms with van der Waals surface area (Å²) in [5.41, 5.74) is 0. The van der Waals surface area contributed by atoms with Gasteiger partial charge in [0.15, 0.2) is 13.0 Å². The molecule has 0 unspecified atom stereocenters. The van der Waals surface area contributed by atoms with E-state index in [-0.39, 0.29) is 0 Å². The van der Waals surface area contributed by atoms with Crippen LogP contribution in [0.2, 0.25) is 0 Å². The molecular formula is CH14N10OP2S2. The molecule has 0 aliphatic heterocycles. The zero-order valence-corrected chi connectivity index (χ0v) is 11.4. The molecule has 0 aromatic heterocycles. The first-order valence-corrected chi connectivity index (χ1v) is 9.17. The maximum Gasteiger partial charge on any atom is 0.326 e. The Morgan fingerprint density at radius 3 is 1.25 bits per heavy atom. The molecule has 0 radical (unpaired) electrons. The molecule has 2 amide bonds. The number of amides is 2. The average molecular weight is 308 g/mol. The number of hydrogen-bond acceptors (Lipinski definition) is 7. The SMILES string of the molecule is NNP(=S)(NN)NC(=O)NP(=S)(NN)NN. The van der Waals surface area contributed by atoms with Crippen molar-refractivity contribution in [2.45, 2.75) is 0 Å². The van der Waals surface area contributed by atoms with Crippen LogP contribution in [0.4, 0.5) is 4.79 Å². The van der Waals surface area contributed by atoms with Gasteiger partial charge in [-0.1, -0.05) is 0 Å². The maximum atomic E-state index is 11.4. The summed E-state index contributed by atoms with van der Waals surface area (Å²) in [6.45, 7) is -5.57. The molecule has 0 saturated heterocycles. The monoisotopic (exact) mass is 308 g/mol. The van der Waals surface area contributed by atoms with Gasteiger partial charge in [0.2, 0.25) is 0 Å². The zero-order valence-electron chi connectivity index (χ0n) is 7.93. The normalized spacial score (nSPS) is 12.2. The Morgan fingerprint density at radius 2 is 1.06 bits per heavy atom. The molecule has 11 nitrogen and oxygen atoms in total. The van der Waals surface area contributed by atoms with Gasteiger partial charge in [-0.25, -0.2) is 25.6 Å². The third-order valence-corrected chi connectivity index (χ3v) is 5.55. The molecule has 0 aromatic carbocycles. The summed E-state index contributed by atoms with van der Waals surface area (Å²) in [7, 11) is 0. The summed E-state index contributed by atoms with van der Waals surface area (Å²) in [5.74, 6) is 20.4. The molecule has 15 heteroatoms. The predicted molar refractivity (Wildman–Crippen MR) is 69.5 cm³/mol. The smallest absolute Gasteiger partial charge is 0.285 e. The minimum Gasteiger partial charge on any atom is -0.285 e. The van der Waals surface area contributed by atoms with Gasteiger partial charge in [-0.3, -0.25) is 33.5 Å². The van der Waals surface area contributed by atoms with Crippen molar-refractivity contribution >= 4 is 42.6 Å². The third kappa shape index (κ3) is 5.05. The molecule has 96 valence electrons. The molecule has 0 heterocycles. The molecule has 16 heavy (non-hydrogen) atoms. The molecule has 14 N–H and O–H groups in total. The number of hydrogen-bond donors (Lipinski definition) is 10. The molecule has 0 aromatic rings. The van der Waals surface area contributed by atoms with E-state index >= 15 is 0 Å². The van der Waals surface area contributed by atoms with Gasteiger partial charge in [-0.2, -0.15) is 0 Å². The van der Waals surface area contributed by atoms with Crippen LogP contribution in [0, 0.1) is 0 Å². The van der Waals surface area contributed by atoms with Gasteiger partial charge in [0.25, 0.3) is 0 Å². The Hall–Kier alpha value is 0.250. The van der Waals surface area contributed by atoms with Gasteiger partial charge in [0.05, 0.1) is 0 Å². The first-order valence-electron chi connectivity index (χ1n) is 3.57. The second kappa shape index (κ2) is 6.86. The van der Waals surface area contributed by atoms with Crippen molar-refractivity contribution in [3.8, 4) is 0 Å². The van der Waals surface area contributed by atoms with Gasteiger partial charge >= 0.3 is 6.03 Å². The quantitative estimate of drug-likeness (QED) is 0.133. The van der Waals surface area contributed by atoms with Crippen LogP contribution in [0.1, 0.15) is 0 Å². The minimum absolute atomic E-state index is 0.724. The summed E-state index contributed by atoms with van der Waals surface area (Å²) in [6, 6.07) is -0.724. The van der Waals surface area contributed by atoms with Crippen LogP contribution >= 0.6 is 13.0 Å². The van der Waals surface area contributed by atoms with Crippen molar-refractivity contribution in [1.29, 1.82) is 0 Å². The van der Waals surface area contributed by atoms with Crippen molar-refractivity contribution in [3.63, 3.8) is 0 Å². The maximum absolute atomic E-state index is 11.4. The molecular weight excluding hydrogens is 294 g/mol. The highest BCUT2D eigenvalue weighted by molar-refractivity contribution is 8.12. The van der Waals surface area contributed by atoms with Crippen molar-refractivity contribution in [2.24, 2.45) is 23.4 Å². The molecule has 0 bridgehead atoms. The van der Waals surface area contributed by atoms with E-state index in [0.717, 1.165) is 0 Å². The van der Waals surface area contributed by atoms with E-state index in [4.69, 9.17) is 47.0 Å². The fourth-order valence-corrected chi connectivity index (χ4v) is 2.19. The van der Waals surface area contributed by atoms with Crippen LogP contribution in [0.5, 0.6) is 0 Å². The average Bonchev–Trinajstić information content (AvgIpc) is 2.28. The zero-order chi connectivity index (χ0) is 12.8. The standard InChI is InChI=1S/CH14N10OP2S2/c2-8-13(15,9-3)6-1(12)7-14(16,10-4)11-5/h2-5H2,(H6,6,7,8,9,10,11,12,15,16). The van der Waals surface area contributed by atoms with E-state index in [1.54, 1.807) is 0 Å². The second-order valence-electron chi connectivity index (χ2n) is 2.29. The van der Waals surface area contributed by atoms with Crippen LogP contribution < -0.4 is 54.3 Å². The molecule has 0 atom stereocenters. The van der Waals surface area contributed by atoms with Crippen LogP contribution in [-0.2, 0) is 23.6 Å². The topological polar surface area (TPSA) is 193 Å². The first kappa shape index (κ1) is 16.2. The lowest BCUT2D eigenvalue weighted by atomic mass is 11.2. The number of carbonyl (C=O) groups excluding carboxylic acids is 1. The minimum atomic E-state index is -2.78. The van der Waals surface area contributed by atoms with Crippen molar-refractivity contribution in [1.82, 2.24) is 31.0 Å². The van der Waals surface area contributed by atoms with Crippen LogP contribution in [0.25, 0.3) is 0 Å². The van der Waals surface area contributed by atoms with Crippen molar-refractivity contribution in [3.05, 3.63) is 0 Å². The number of nitrogens with one attached hydrogen (secondary N) is 6. The van der Waals surface area contributed by atoms with E-state index in [0.29, 0.717) is 0 Å². The molecule has 0 aliphatic rings. The summed E-state index contributed by atoms with van der Waals surface area (Å²) < 4.78 is 0. The molecule has 0 spiro atoms. The summed E-state index contributed by atoms with van der Waals surface area (Å²) in [5, 5.41) is 13.3. The Kier molecular flexibility index (Phi) is 6.96. The van der Waals surface area contributed by atoms with Crippen LogP contribution in [0.3, 0.4) is 0 Å². The number of carbonyl (C=O) groups is 1. The highest BCUT2D eigenvalue weighted by Crippen LogP contribution is 2.30. The van der Waals surface area contributed by atoms with Crippen molar-refractivity contribution in [2.75, 3.05) is 0 Å². The Balaban J connectivity index is 4.50. The van der Waals surface area contributed by atoms with Gasteiger partial charge < -0.3 is 0 Å². The Labute approximate surface area is 102 Å². The lowest BCUT2D eigenvalue weighted by Crippen LogP contribution is -2.47. The highest BCUT2D eigenvalue weighted by atomic mass is 32.5. The number of nitrogens with two attached hydrogens (primary N) is 4. The second-order valence-corrected chi connectivity index (χ2v) is 9.49. The van der Waals surface area contributed by atoms with E-state index in [1.165, 1.54) is 0 Å². The Bertz CT molecular complexity index is 285. The Morgan fingerprint density at radius 1 is 0.812 bits per heavy atom. The lowest BCUT2D eigenvalue weighted by Gasteiger charge is -2.24. The fourth-order valence-electron chi connectivity index (χ4n) is 0.515. The lowest BCUT2D eigenvalue weighted by molar-refractivity contribution is 0.251. The molecule has 0 aliphatic carbocycles. The van der Waals surface area contributed by atoms with Gasteiger partial charge in [0.1, 0.15) is 0 Å². The van der Waals surface area contributed by atoms with Gasteiger partial charge in [0, 0.05) is 0 Å². The van der Waals surface area contributed by atoms with E-state index in [2.05, 4.69) is 31.0 Å². The van der Waals surface area contributed by atoms with E-state index < -0.39 is 19.0 Å². The van der Waals surface area contributed by atoms with Crippen LogP contribution in [-0.4, -0.2) is 6.03 Å². The number of rotatable bonds is 6. The highest BCUT2D eigenvalue weighted by Gasteiger charge is 2.21. The van der Waals surface area contributed by atoms with E-state index in [9.17, 15) is 4.79 Å². The molecule has 0 saturated carbocycles. The predicted octanol–water partition coefficient (Wildman–Crippen LogP) is -3.41. The van der Waals surface area contributed by atoms with Crippen molar-refractivity contribution < 1.29 is 4.79 Å². The summed E-state index contributed by atoms with van der Waals surface area (Å²) in [6.07, 6.45) is 0. The van der Waals surface area contributed by atoms with Crippen LogP contribution in [0.15, 0.2) is 0 Å². The number of urea groups is 1.